The largest absolute Gasteiger partial charge is 0.493 e. The van der Waals surface area contributed by atoms with Gasteiger partial charge in [-0.15, -0.1) is 0 Å². The summed E-state index contributed by atoms with van der Waals surface area (Å²) in [5, 5.41) is 15.1. The molecule has 0 heterocycles. The van der Waals surface area contributed by atoms with E-state index in [2.05, 4.69) is 15.8 Å². The number of hydrogen-bond donors (Lipinski definition) is 3. The highest BCUT2D eigenvalue weighted by Crippen LogP contribution is 2.27. The molecular weight excluding hydrogens is 366 g/mol. The summed E-state index contributed by atoms with van der Waals surface area (Å²) in [5.74, 6) is -1.11. The highest BCUT2D eigenvalue weighted by atomic mass is 16.5. The maximum Gasteiger partial charge on any atom is 0.335 e. The first kappa shape index (κ1) is 20.4. The molecule has 0 saturated carbocycles. The van der Waals surface area contributed by atoms with E-state index >= 15 is 0 Å². The number of benzene rings is 2. The average Bonchev–Trinajstić information content (AvgIpc) is 2.71. The van der Waals surface area contributed by atoms with Crippen molar-refractivity contribution in [2.75, 3.05) is 20.8 Å². The van der Waals surface area contributed by atoms with Crippen LogP contribution >= 0.6 is 0 Å². The molecule has 0 saturated heterocycles. The molecule has 0 spiro atoms. The second kappa shape index (κ2) is 9.72. The summed E-state index contributed by atoms with van der Waals surface area (Å²) in [4.78, 5) is 34.7. The van der Waals surface area contributed by atoms with E-state index in [0.29, 0.717) is 22.6 Å². The smallest absolute Gasteiger partial charge is 0.335 e. The van der Waals surface area contributed by atoms with E-state index in [0.717, 1.165) is 0 Å². The molecule has 146 valence electrons. The second-order valence-electron chi connectivity index (χ2n) is 5.47. The normalized spacial score (nSPS) is 10.4. The van der Waals surface area contributed by atoms with E-state index in [1.165, 1.54) is 38.6 Å². The van der Waals surface area contributed by atoms with Crippen LogP contribution in [0.3, 0.4) is 0 Å². The van der Waals surface area contributed by atoms with Gasteiger partial charge in [-0.3, -0.25) is 9.59 Å². The molecule has 28 heavy (non-hydrogen) atoms. The van der Waals surface area contributed by atoms with Crippen molar-refractivity contribution in [1.29, 1.82) is 0 Å². The molecule has 9 nitrogen and oxygen atoms in total. The Balaban J connectivity index is 1.84. The monoisotopic (exact) mass is 385 g/mol. The van der Waals surface area contributed by atoms with Gasteiger partial charge in [0.15, 0.2) is 11.5 Å². The number of nitrogens with zero attached hydrogens (tertiary/aromatic N) is 1. The lowest BCUT2D eigenvalue weighted by molar-refractivity contribution is -0.120. The number of nitrogens with one attached hydrogen (secondary N) is 2. The molecule has 0 unspecified atom stereocenters. The number of hydrazone groups is 1. The maximum atomic E-state index is 12.1. The van der Waals surface area contributed by atoms with Crippen LogP contribution in [0, 0.1) is 0 Å². The highest BCUT2D eigenvalue weighted by Gasteiger charge is 2.11. The third-order valence-electron chi connectivity index (χ3n) is 3.62. The van der Waals surface area contributed by atoms with Gasteiger partial charge in [-0.25, -0.2) is 10.2 Å². The van der Waals surface area contributed by atoms with Gasteiger partial charge in [-0.05, 0) is 35.9 Å². The predicted octanol–water partition coefficient (Wildman–Crippen LogP) is 1.28. The van der Waals surface area contributed by atoms with Gasteiger partial charge in [-0.1, -0.05) is 12.1 Å². The summed E-state index contributed by atoms with van der Waals surface area (Å²) < 4.78 is 10.2. The van der Waals surface area contributed by atoms with Crippen molar-refractivity contribution in [2.45, 2.75) is 0 Å². The van der Waals surface area contributed by atoms with Crippen molar-refractivity contribution in [3.05, 3.63) is 59.2 Å². The molecule has 0 aliphatic carbocycles. The van der Waals surface area contributed by atoms with Gasteiger partial charge in [0.2, 0.25) is 0 Å². The Hall–Kier alpha value is -3.88. The molecule has 2 rings (SSSR count). The molecule has 9 heteroatoms. The Morgan fingerprint density at radius 2 is 1.64 bits per heavy atom. The number of methoxy groups -OCH3 is 2. The molecular formula is C19H19N3O6. The third kappa shape index (κ3) is 5.56. The predicted molar refractivity (Wildman–Crippen MR) is 101 cm³/mol. The van der Waals surface area contributed by atoms with Crippen molar-refractivity contribution < 1.29 is 29.0 Å². The molecule has 0 atom stereocenters. The quantitative estimate of drug-likeness (QED) is 0.464. The van der Waals surface area contributed by atoms with Crippen LogP contribution in [0.1, 0.15) is 26.3 Å². The molecule has 0 aromatic heterocycles. The summed E-state index contributed by atoms with van der Waals surface area (Å²) in [7, 11) is 2.95. The average molecular weight is 385 g/mol. The number of carboxylic acids is 1. The fourth-order valence-corrected chi connectivity index (χ4v) is 2.17. The van der Waals surface area contributed by atoms with E-state index in [1.807, 2.05) is 0 Å². The number of carboxylic acid groups (broad SMARTS) is 1. The van der Waals surface area contributed by atoms with Crippen LogP contribution in [-0.4, -0.2) is 49.9 Å². The molecule has 2 aromatic rings. The lowest BCUT2D eigenvalue weighted by Crippen LogP contribution is -2.34. The Morgan fingerprint density at radius 1 is 1.00 bits per heavy atom. The number of amides is 2. The number of carbonyl (C=O) groups excluding carboxylic acids is 2. The van der Waals surface area contributed by atoms with Gasteiger partial charge < -0.3 is 19.9 Å². The number of ether oxygens (including phenoxy) is 2. The van der Waals surface area contributed by atoms with Crippen LogP contribution in [0.25, 0.3) is 0 Å². The van der Waals surface area contributed by atoms with Gasteiger partial charge in [0.05, 0.1) is 32.5 Å². The van der Waals surface area contributed by atoms with Crippen molar-refractivity contribution in [3.8, 4) is 11.5 Å². The number of aromatic carboxylic acids is 1. The van der Waals surface area contributed by atoms with Crippen LogP contribution in [0.4, 0.5) is 0 Å². The molecule has 0 aliphatic rings. The molecule has 0 fully saturated rings. The lowest BCUT2D eigenvalue weighted by Gasteiger charge is -2.09. The Bertz CT molecular complexity index is 893. The minimum Gasteiger partial charge on any atom is -0.493 e. The zero-order chi connectivity index (χ0) is 20.5. The van der Waals surface area contributed by atoms with Crippen molar-refractivity contribution in [3.63, 3.8) is 0 Å². The Labute approximate surface area is 161 Å². The zero-order valence-electron chi connectivity index (χ0n) is 15.3. The van der Waals surface area contributed by atoms with Crippen LogP contribution in [-0.2, 0) is 4.79 Å². The van der Waals surface area contributed by atoms with Crippen LogP contribution < -0.4 is 20.2 Å². The van der Waals surface area contributed by atoms with Crippen molar-refractivity contribution in [2.24, 2.45) is 5.10 Å². The number of hydrogen-bond acceptors (Lipinski definition) is 6. The molecule has 0 aliphatic heterocycles. The highest BCUT2D eigenvalue weighted by molar-refractivity contribution is 5.97. The molecule has 0 bridgehead atoms. The van der Waals surface area contributed by atoms with E-state index in [-0.39, 0.29) is 12.1 Å². The van der Waals surface area contributed by atoms with Gasteiger partial charge in [0, 0.05) is 5.56 Å². The van der Waals surface area contributed by atoms with E-state index in [9.17, 15) is 14.4 Å². The van der Waals surface area contributed by atoms with Gasteiger partial charge >= 0.3 is 5.97 Å². The minimum atomic E-state index is -1.03. The first-order valence-corrected chi connectivity index (χ1v) is 8.10. The van der Waals surface area contributed by atoms with Crippen LogP contribution in [0.15, 0.2) is 47.6 Å². The summed E-state index contributed by atoms with van der Waals surface area (Å²) in [5.41, 5.74) is 3.35. The van der Waals surface area contributed by atoms with E-state index in [4.69, 9.17) is 14.6 Å². The van der Waals surface area contributed by atoms with E-state index < -0.39 is 17.8 Å². The van der Waals surface area contributed by atoms with Crippen LogP contribution in [0.5, 0.6) is 11.5 Å². The molecule has 2 aromatic carbocycles. The van der Waals surface area contributed by atoms with Gasteiger partial charge in [-0.2, -0.15) is 5.10 Å². The summed E-state index contributed by atoms with van der Waals surface area (Å²) in [6, 6.07) is 10.6. The van der Waals surface area contributed by atoms with Crippen LogP contribution in [0.2, 0.25) is 0 Å². The summed E-state index contributed by atoms with van der Waals surface area (Å²) >= 11 is 0. The third-order valence-corrected chi connectivity index (χ3v) is 3.62. The maximum absolute atomic E-state index is 12.1. The number of carbonyl (C=O) groups is 3. The molecule has 3 N–H and O–H groups in total. The fraction of sp³-hybridized carbons (Fsp3) is 0.158. The summed E-state index contributed by atoms with van der Waals surface area (Å²) in [6.45, 7) is -0.275. The van der Waals surface area contributed by atoms with Gasteiger partial charge in [0.1, 0.15) is 0 Å². The standard InChI is InChI=1S/C19H19N3O6/c1-27-15-8-7-14(9-16(15)28-2)18(24)20-11-17(23)22-21-10-12-3-5-13(6-4-12)19(25)26/h3-10H,11H2,1-2H3,(H,20,24)(H,22,23)(H,25,26). The van der Waals surface area contributed by atoms with Crippen molar-refractivity contribution >= 4 is 24.0 Å². The summed E-state index contributed by atoms with van der Waals surface area (Å²) in [6.07, 6.45) is 1.36. The Kier molecular flexibility index (Phi) is 7.09. The Morgan fingerprint density at radius 3 is 2.25 bits per heavy atom. The van der Waals surface area contributed by atoms with E-state index in [1.54, 1.807) is 24.3 Å². The minimum absolute atomic E-state index is 0.152. The first-order chi connectivity index (χ1) is 13.4. The SMILES string of the molecule is COc1ccc(C(=O)NCC(=O)NN=Cc2ccc(C(=O)O)cc2)cc1OC. The van der Waals surface area contributed by atoms with Gasteiger partial charge in [0.25, 0.3) is 11.8 Å². The lowest BCUT2D eigenvalue weighted by atomic mass is 10.1. The second-order valence-corrected chi connectivity index (χ2v) is 5.47. The number of rotatable bonds is 8. The van der Waals surface area contributed by atoms with Crippen molar-refractivity contribution in [1.82, 2.24) is 10.7 Å². The molecule has 0 radical (unpaired) electrons. The first-order valence-electron chi connectivity index (χ1n) is 8.10. The molecule has 2 amide bonds. The topological polar surface area (TPSA) is 126 Å². The fourth-order valence-electron chi connectivity index (χ4n) is 2.17. The zero-order valence-corrected chi connectivity index (χ0v) is 15.3.